The molecule has 2 aromatic carbocycles. The third kappa shape index (κ3) is 5.46. The molecule has 222 valence electrons. The van der Waals surface area contributed by atoms with E-state index in [4.69, 9.17) is 18.9 Å². The quantitative estimate of drug-likeness (QED) is 0.212. The molecule has 0 amide bonds. The van der Waals surface area contributed by atoms with Crippen molar-refractivity contribution in [2.75, 3.05) is 20.8 Å². The molecule has 2 aliphatic rings. The lowest BCUT2D eigenvalue weighted by molar-refractivity contribution is -0.147. The Balaban J connectivity index is 1.45. The summed E-state index contributed by atoms with van der Waals surface area (Å²) in [6.07, 6.45) is 7.46. The molecule has 0 bridgehead atoms. The first-order chi connectivity index (χ1) is 21.0. The zero-order valence-electron chi connectivity index (χ0n) is 24.0. The fourth-order valence-electron chi connectivity index (χ4n) is 5.21. The fraction of sp³-hybridized carbons (Fsp3) is 0.258. The lowest BCUT2D eigenvalue weighted by Gasteiger charge is -2.24. The second-order valence-corrected chi connectivity index (χ2v) is 11.7. The number of benzene rings is 2. The van der Waals surface area contributed by atoms with Gasteiger partial charge in [-0.25, -0.2) is 14.5 Å². The van der Waals surface area contributed by atoms with E-state index in [0.717, 1.165) is 31.5 Å². The number of rotatable bonds is 10. The van der Waals surface area contributed by atoms with Gasteiger partial charge in [0, 0.05) is 27.1 Å². The summed E-state index contributed by atoms with van der Waals surface area (Å²) in [6.45, 7) is 2.46. The van der Waals surface area contributed by atoms with Crippen LogP contribution in [0.2, 0.25) is 0 Å². The highest BCUT2D eigenvalue weighted by molar-refractivity contribution is 8.17. The summed E-state index contributed by atoms with van der Waals surface area (Å²) < 4.78 is 25.8. The van der Waals surface area contributed by atoms with Crippen LogP contribution in [0.4, 0.5) is 0 Å². The van der Waals surface area contributed by atoms with Crippen LogP contribution in [0.15, 0.2) is 83.2 Å². The second kappa shape index (κ2) is 12.3. The van der Waals surface area contributed by atoms with Crippen molar-refractivity contribution in [1.29, 1.82) is 0 Å². The summed E-state index contributed by atoms with van der Waals surface area (Å²) in [4.78, 5) is 33.4. The zero-order chi connectivity index (χ0) is 29.9. The molecule has 2 unspecified atom stereocenters. The van der Waals surface area contributed by atoms with E-state index in [-0.39, 0.29) is 25.9 Å². The molecule has 0 aliphatic carbocycles. The van der Waals surface area contributed by atoms with Crippen molar-refractivity contribution in [2.24, 2.45) is 0 Å². The van der Waals surface area contributed by atoms with Crippen LogP contribution in [0.3, 0.4) is 0 Å². The Kier molecular flexibility index (Phi) is 8.12. The lowest BCUT2D eigenvalue weighted by Crippen LogP contribution is -2.43. The van der Waals surface area contributed by atoms with Gasteiger partial charge in [0.1, 0.15) is 37.7 Å². The Bertz CT molecular complexity index is 1730. The Labute approximate surface area is 251 Å². The number of hydrogen-bond donors (Lipinski definition) is 1. The molecule has 43 heavy (non-hydrogen) atoms. The summed E-state index contributed by atoms with van der Waals surface area (Å²) in [5, 5.41) is 7.72. The normalized spacial score (nSPS) is 17.1. The van der Waals surface area contributed by atoms with Gasteiger partial charge in [-0.15, -0.1) is 10.5 Å². The molecule has 2 aromatic heterocycles. The van der Waals surface area contributed by atoms with Gasteiger partial charge in [0.25, 0.3) is 0 Å². The Morgan fingerprint density at radius 1 is 1.07 bits per heavy atom. The van der Waals surface area contributed by atoms with Crippen molar-refractivity contribution >= 4 is 33.0 Å². The summed E-state index contributed by atoms with van der Waals surface area (Å²) in [6, 6.07) is 14.7. The van der Waals surface area contributed by atoms with E-state index in [1.807, 2.05) is 65.4 Å². The van der Waals surface area contributed by atoms with Crippen LogP contribution in [-0.4, -0.2) is 63.1 Å². The van der Waals surface area contributed by atoms with E-state index in [2.05, 4.69) is 15.4 Å². The minimum atomic E-state index is -0.818. The molecule has 0 spiro atoms. The van der Waals surface area contributed by atoms with Gasteiger partial charge < -0.3 is 23.5 Å². The maximum absolute atomic E-state index is 13.6. The van der Waals surface area contributed by atoms with Gasteiger partial charge in [-0.2, -0.15) is 5.10 Å². The smallest absolute Gasteiger partial charge is 0.356 e. The molecule has 0 saturated carbocycles. The Morgan fingerprint density at radius 3 is 2.60 bits per heavy atom. The number of carbonyl (C=O) groups excluding carboxylic acids is 2. The highest BCUT2D eigenvalue weighted by Gasteiger charge is 2.39. The first kappa shape index (κ1) is 28.4. The van der Waals surface area contributed by atoms with Gasteiger partial charge in [-0.05, 0) is 37.1 Å². The maximum atomic E-state index is 13.6. The molecule has 4 aromatic rings. The molecule has 1 N–H and O–H groups in total. The number of nitrogens with one attached hydrogen (secondary N) is 1. The molecule has 6 rings (SSSR count). The van der Waals surface area contributed by atoms with Gasteiger partial charge in [0.05, 0.1) is 25.8 Å². The number of hydrogen-bond acceptors (Lipinski definition) is 9. The molecule has 0 saturated heterocycles. The van der Waals surface area contributed by atoms with Crippen LogP contribution in [0.5, 0.6) is 11.5 Å². The number of nitrogens with zero attached hydrogens (tertiary/aromatic N) is 4. The summed E-state index contributed by atoms with van der Waals surface area (Å²) >= 11 is 0. The third-order valence-corrected chi connectivity index (χ3v) is 9.46. The standard InChI is InChI=1S/C31H31N5O6S/c1-4-41-31(38)27-28-23(15-35(27)19-36-18-32-17-33-36)22-11-12-24(30(37)42-16-20-8-6-5-7-9-20)34-29(22)43(28)21-10-13-25(39-2)26(14-21)40-3/h5-11,13-15,17-18,24,34H,4,12,16,19H2,1-3H3. The maximum Gasteiger partial charge on any atom is 0.356 e. The predicted octanol–water partition coefficient (Wildman–Crippen LogP) is 4.10. The van der Waals surface area contributed by atoms with Crippen molar-refractivity contribution < 1.29 is 28.5 Å². The van der Waals surface area contributed by atoms with Gasteiger partial charge in [-0.3, -0.25) is 10.1 Å². The van der Waals surface area contributed by atoms with E-state index in [1.54, 1.807) is 32.2 Å². The Morgan fingerprint density at radius 2 is 1.88 bits per heavy atom. The SMILES string of the molecule is CCOC(=O)c1c2c(cn1Cn1cncn1)C1=CCC(C(=O)OCc3ccccc3)NC1=S2c1ccc(OC)c(OC)c1. The molecule has 4 heterocycles. The van der Waals surface area contributed by atoms with Gasteiger partial charge in [0.2, 0.25) is 0 Å². The van der Waals surface area contributed by atoms with E-state index in [1.165, 1.54) is 6.33 Å². The number of carbonyl (C=O) groups is 2. The van der Waals surface area contributed by atoms with Crippen molar-refractivity contribution in [3.8, 4) is 11.5 Å². The number of fused-ring (bicyclic) bond motifs is 3. The zero-order valence-corrected chi connectivity index (χ0v) is 24.8. The number of ether oxygens (including phenoxy) is 4. The molecule has 0 radical (unpaired) electrons. The minimum absolute atomic E-state index is 0.186. The van der Waals surface area contributed by atoms with E-state index < -0.39 is 22.5 Å². The highest BCUT2D eigenvalue weighted by atomic mass is 32.2. The average molecular weight is 602 g/mol. The first-order valence-electron chi connectivity index (χ1n) is 13.8. The second-order valence-electron chi connectivity index (χ2n) is 9.78. The summed E-state index contributed by atoms with van der Waals surface area (Å²) in [7, 11) is 2.35. The van der Waals surface area contributed by atoms with Gasteiger partial charge >= 0.3 is 11.9 Å². The molecule has 2 atom stereocenters. The molecule has 11 nitrogen and oxygen atoms in total. The van der Waals surface area contributed by atoms with E-state index in [9.17, 15) is 9.59 Å². The summed E-state index contributed by atoms with van der Waals surface area (Å²) in [5.41, 5.74) is 3.15. The van der Waals surface area contributed by atoms with E-state index in [0.29, 0.717) is 23.6 Å². The van der Waals surface area contributed by atoms with Gasteiger partial charge in [0.15, 0.2) is 11.5 Å². The highest BCUT2D eigenvalue weighted by Crippen LogP contribution is 2.53. The van der Waals surface area contributed by atoms with Crippen LogP contribution in [-0.2, 0) is 27.5 Å². The lowest BCUT2D eigenvalue weighted by atomic mass is 10.0. The van der Waals surface area contributed by atoms with Crippen LogP contribution in [0.25, 0.3) is 5.57 Å². The summed E-state index contributed by atoms with van der Waals surface area (Å²) in [5.74, 6) is 0.353. The van der Waals surface area contributed by atoms with Crippen LogP contribution in [0, 0.1) is 0 Å². The number of aromatic nitrogens is 4. The number of esters is 2. The first-order valence-corrected chi connectivity index (χ1v) is 15.0. The fourth-order valence-corrected chi connectivity index (χ4v) is 7.76. The molecule has 2 aliphatic heterocycles. The molecular weight excluding hydrogens is 570 g/mol. The van der Waals surface area contributed by atoms with Crippen molar-refractivity contribution in [3.63, 3.8) is 0 Å². The molecule has 12 heteroatoms. The minimum Gasteiger partial charge on any atom is -0.493 e. The molecule has 0 fully saturated rings. The van der Waals surface area contributed by atoms with Crippen LogP contribution < -0.4 is 14.8 Å². The van der Waals surface area contributed by atoms with E-state index >= 15 is 0 Å². The van der Waals surface area contributed by atoms with Crippen molar-refractivity contribution in [3.05, 3.63) is 90.3 Å². The van der Waals surface area contributed by atoms with Crippen molar-refractivity contribution in [1.82, 2.24) is 24.6 Å². The van der Waals surface area contributed by atoms with Crippen LogP contribution in [0.1, 0.15) is 35.0 Å². The monoisotopic (exact) mass is 601 g/mol. The number of methoxy groups -OCH3 is 2. The third-order valence-electron chi connectivity index (χ3n) is 7.17. The van der Waals surface area contributed by atoms with Gasteiger partial charge in [-0.1, -0.05) is 36.4 Å². The topological polar surface area (TPSA) is 119 Å². The van der Waals surface area contributed by atoms with Crippen LogP contribution >= 0.6 is 10.5 Å². The Hall–Kier alpha value is -4.68. The molecular formula is C31H31N5O6S. The largest absolute Gasteiger partial charge is 0.493 e. The van der Waals surface area contributed by atoms with Crippen molar-refractivity contribution in [2.45, 2.75) is 42.5 Å². The predicted molar refractivity (Wildman–Crippen MR) is 160 cm³/mol. The average Bonchev–Trinajstić information content (AvgIpc) is 3.75.